The number of nitrogens with one attached hydrogen (secondary N) is 2. The molecule has 1 aromatic rings. The van der Waals surface area contributed by atoms with Crippen molar-refractivity contribution in [3.05, 3.63) is 23.2 Å². The van der Waals surface area contributed by atoms with Gasteiger partial charge in [-0.05, 0) is 39.0 Å². The summed E-state index contributed by atoms with van der Waals surface area (Å²) in [5.41, 5.74) is 1.49. The predicted octanol–water partition coefficient (Wildman–Crippen LogP) is 3.07. The average Bonchev–Trinajstić information content (AvgIpc) is 2.37. The van der Waals surface area contributed by atoms with E-state index in [9.17, 15) is 9.00 Å². The summed E-state index contributed by atoms with van der Waals surface area (Å²) in [4.78, 5) is 13.8. The van der Waals surface area contributed by atoms with Crippen molar-refractivity contribution in [3.63, 3.8) is 0 Å². The van der Waals surface area contributed by atoms with Crippen LogP contribution in [0.2, 0.25) is 5.02 Å². The van der Waals surface area contributed by atoms with E-state index in [1.54, 1.807) is 12.1 Å². The molecule has 1 rings (SSSR count). The molecule has 1 aromatic carbocycles. The van der Waals surface area contributed by atoms with Crippen molar-refractivity contribution in [2.24, 2.45) is 0 Å². The number of rotatable bonds is 5. The first-order valence-electron chi connectivity index (χ1n) is 7.01. The van der Waals surface area contributed by atoms with Crippen LogP contribution in [0.15, 0.2) is 18.2 Å². The fourth-order valence-electron chi connectivity index (χ4n) is 1.73. The molecule has 2 N–H and O–H groups in total. The van der Waals surface area contributed by atoms with E-state index in [-0.39, 0.29) is 10.8 Å². The van der Waals surface area contributed by atoms with Gasteiger partial charge in [0.15, 0.2) is 0 Å². The molecule has 0 saturated carbocycles. The maximum absolute atomic E-state index is 11.9. The Morgan fingerprint density at radius 3 is 2.50 bits per heavy atom. The summed E-state index contributed by atoms with van der Waals surface area (Å²) in [6.45, 7) is 6.10. The molecule has 0 aliphatic rings. The number of anilines is 2. The van der Waals surface area contributed by atoms with Crippen LogP contribution >= 0.6 is 11.6 Å². The molecule has 0 radical (unpaired) electrons. The lowest BCUT2D eigenvalue weighted by Gasteiger charge is -2.19. The van der Waals surface area contributed by atoms with Gasteiger partial charge in [0.05, 0.1) is 11.4 Å². The summed E-state index contributed by atoms with van der Waals surface area (Å²) in [6, 6.07) is 4.97. The molecule has 0 saturated heterocycles. The highest BCUT2D eigenvalue weighted by Crippen LogP contribution is 2.27. The highest BCUT2D eigenvalue weighted by atomic mass is 35.5. The Balaban J connectivity index is 2.59. The van der Waals surface area contributed by atoms with E-state index in [1.165, 1.54) is 0 Å². The van der Waals surface area contributed by atoms with Crippen molar-refractivity contribution in [1.82, 2.24) is 5.32 Å². The van der Waals surface area contributed by atoms with E-state index in [0.29, 0.717) is 23.0 Å². The average molecular weight is 346 g/mol. The van der Waals surface area contributed by atoms with Gasteiger partial charge in [-0.25, -0.2) is 4.79 Å². The van der Waals surface area contributed by atoms with Gasteiger partial charge in [-0.15, -0.1) is 0 Å². The van der Waals surface area contributed by atoms with Crippen LogP contribution in [0.5, 0.6) is 0 Å². The van der Waals surface area contributed by atoms with Crippen molar-refractivity contribution in [2.75, 3.05) is 36.6 Å². The van der Waals surface area contributed by atoms with Gasteiger partial charge in [0, 0.05) is 47.0 Å². The molecule has 0 aliphatic heterocycles. The molecule has 124 valence electrons. The van der Waals surface area contributed by atoms with E-state index >= 15 is 0 Å². The smallest absolute Gasteiger partial charge is 0.319 e. The number of halogens is 1. The molecule has 0 fully saturated rings. The second-order valence-electron chi connectivity index (χ2n) is 6.10. The van der Waals surface area contributed by atoms with Gasteiger partial charge in [0.2, 0.25) is 0 Å². The van der Waals surface area contributed by atoms with Crippen molar-refractivity contribution < 1.29 is 9.00 Å². The zero-order chi connectivity index (χ0) is 16.9. The summed E-state index contributed by atoms with van der Waals surface area (Å²) in [5, 5.41) is 6.04. The number of benzene rings is 1. The number of carbonyl (C=O) groups excluding carboxylic acids is 1. The van der Waals surface area contributed by atoms with Crippen LogP contribution in [0.4, 0.5) is 16.2 Å². The lowest BCUT2D eigenvalue weighted by molar-refractivity contribution is 0.252. The first kappa shape index (κ1) is 18.8. The molecule has 5 nitrogen and oxygen atoms in total. The Bertz CT molecular complexity index is 556. The van der Waals surface area contributed by atoms with Crippen LogP contribution in [-0.4, -0.2) is 41.4 Å². The largest absolute Gasteiger partial charge is 0.376 e. The van der Waals surface area contributed by atoms with Gasteiger partial charge in [-0.3, -0.25) is 4.21 Å². The molecular weight excluding hydrogens is 322 g/mol. The highest BCUT2D eigenvalue weighted by molar-refractivity contribution is 7.86. The summed E-state index contributed by atoms with van der Waals surface area (Å²) in [5.74, 6) is 0.424. The standard InChI is InChI=1S/C15H24ClN3O2S/c1-15(2,3)22(21)9-8-17-14(20)18-12-10-11(16)6-7-13(12)19(4)5/h6-7,10H,8-9H2,1-5H3,(H2,17,18,20)/t22-/m1/s1. The SMILES string of the molecule is CN(C)c1ccc(Cl)cc1NC(=O)NCC[S@@](=O)C(C)(C)C. The van der Waals surface area contributed by atoms with Gasteiger partial charge in [-0.1, -0.05) is 11.6 Å². The second-order valence-corrected chi connectivity index (χ2v) is 8.86. The number of urea groups is 1. The molecule has 22 heavy (non-hydrogen) atoms. The van der Waals surface area contributed by atoms with Crippen molar-refractivity contribution in [3.8, 4) is 0 Å². The second kappa shape index (κ2) is 7.83. The molecule has 0 unspecified atom stereocenters. The number of hydrogen-bond donors (Lipinski definition) is 2. The van der Waals surface area contributed by atoms with Crippen molar-refractivity contribution in [1.29, 1.82) is 0 Å². The molecule has 1 atom stereocenters. The monoisotopic (exact) mass is 345 g/mol. The molecule has 0 aliphatic carbocycles. The van der Waals surface area contributed by atoms with Crippen molar-refractivity contribution in [2.45, 2.75) is 25.5 Å². The van der Waals surface area contributed by atoms with Crippen LogP contribution < -0.4 is 15.5 Å². The van der Waals surface area contributed by atoms with E-state index in [4.69, 9.17) is 11.6 Å². The molecule has 0 spiro atoms. The lowest BCUT2D eigenvalue weighted by Crippen LogP contribution is -2.35. The van der Waals surface area contributed by atoms with Gasteiger partial charge < -0.3 is 15.5 Å². The van der Waals surface area contributed by atoms with Gasteiger partial charge in [0.1, 0.15) is 0 Å². The minimum absolute atomic E-state index is 0.275. The Hall–Kier alpha value is -1.27. The van der Waals surface area contributed by atoms with Crippen LogP contribution in [-0.2, 0) is 10.8 Å². The molecule has 0 heterocycles. The minimum atomic E-state index is -0.987. The van der Waals surface area contributed by atoms with E-state index in [1.807, 2.05) is 45.8 Å². The first-order valence-corrected chi connectivity index (χ1v) is 8.71. The topological polar surface area (TPSA) is 61.4 Å². The molecule has 2 amide bonds. The molecular formula is C15H24ClN3O2S. The third kappa shape index (κ3) is 5.85. The Labute approximate surface area is 139 Å². The fourth-order valence-corrected chi connectivity index (χ4v) is 2.80. The zero-order valence-corrected chi connectivity index (χ0v) is 15.3. The van der Waals surface area contributed by atoms with Crippen LogP contribution in [0.25, 0.3) is 0 Å². The maximum Gasteiger partial charge on any atom is 0.319 e. The quantitative estimate of drug-likeness (QED) is 0.862. The van der Waals surface area contributed by atoms with Crippen LogP contribution in [0, 0.1) is 0 Å². The highest BCUT2D eigenvalue weighted by Gasteiger charge is 2.19. The summed E-state index contributed by atoms with van der Waals surface area (Å²) in [7, 11) is 2.79. The normalized spacial score (nSPS) is 12.6. The number of amides is 2. The third-order valence-corrected chi connectivity index (χ3v) is 5.12. The van der Waals surface area contributed by atoms with Gasteiger partial charge in [0.25, 0.3) is 0 Å². The maximum atomic E-state index is 11.9. The minimum Gasteiger partial charge on any atom is -0.376 e. The first-order chi connectivity index (χ1) is 10.1. The Kier molecular flexibility index (Phi) is 6.68. The van der Waals surface area contributed by atoms with E-state index in [2.05, 4.69) is 10.6 Å². The van der Waals surface area contributed by atoms with Gasteiger partial charge >= 0.3 is 6.03 Å². The summed E-state index contributed by atoms with van der Waals surface area (Å²) >= 11 is 5.97. The van der Waals surface area contributed by atoms with Crippen LogP contribution in [0.3, 0.4) is 0 Å². The third-order valence-electron chi connectivity index (χ3n) is 2.94. The van der Waals surface area contributed by atoms with Gasteiger partial charge in [-0.2, -0.15) is 0 Å². The number of nitrogens with zero attached hydrogens (tertiary/aromatic N) is 1. The molecule has 0 bridgehead atoms. The predicted molar refractivity (Wildman–Crippen MR) is 95.6 cm³/mol. The summed E-state index contributed by atoms with van der Waals surface area (Å²) in [6.07, 6.45) is 0. The zero-order valence-electron chi connectivity index (χ0n) is 13.7. The lowest BCUT2D eigenvalue weighted by atomic mass is 10.2. The Morgan fingerprint density at radius 2 is 1.95 bits per heavy atom. The van der Waals surface area contributed by atoms with Crippen LogP contribution in [0.1, 0.15) is 20.8 Å². The molecule has 7 heteroatoms. The molecule has 0 aromatic heterocycles. The van der Waals surface area contributed by atoms with Crippen molar-refractivity contribution >= 4 is 39.8 Å². The van der Waals surface area contributed by atoms with E-state index in [0.717, 1.165) is 5.69 Å². The number of hydrogen-bond acceptors (Lipinski definition) is 3. The number of carbonyl (C=O) groups is 1. The van der Waals surface area contributed by atoms with E-state index < -0.39 is 10.8 Å². The fraction of sp³-hybridized carbons (Fsp3) is 0.533. The summed E-state index contributed by atoms with van der Waals surface area (Å²) < 4.78 is 11.6. The Morgan fingerprint density at radius 1 is 1.32 bits per heavy atom.